The van der Waals surface area contributed by atoms with Gasteiger partial charge in [-0.25, -0.2) is 9.37 Å². The van der Waals surface area contributed by atoms with Crippen molar-refractivity contribution < 1.29 is 14.0 Å². The largest absolute Gasteiger partial charge is 0.341 e. The zero-order valence-electron chi connectivity index (χ0n) is 14.9. The van der Waals surface area contributed by atoms with E-state index in [2.05, 4.69) is 10.3 Å². The Morgan fingerprint density at radius 2 is 1.92 bits per heavy atom. The van der Waals surface area contributed by atoms with E-state index in [0.29, 0.717) is 25.3 Å². The Kier molecular flexibility index (Phi) is 5.02. The lowest BCUT2D eigenvalue weighted by Crippen LogP contribution is -2.42. The molecule has 1 fully saturated rings. The number of halogens is 1. The van der Waals surface area contributed by atoms with Crippen LogP contribution in [-0.2, 0) is 15.0 Å². The highest BCUT2D eigenvalue weighted by Gasteiger charge is 2.38. The standard InChI is InChI=1S/C20H22FN3O2/c1-20(2,15-6-8-16(21)9-7-15)19(26)24-12-10-14(13-24)18(25)23-17-5-3-4-11-22-17/h3-9,11,14H,10,12-13H2,1-2H3,(H,22,23,25)/t14-/m1/s1. The molecule has 0 spiro atoms. The molecule has 1 aromatic carbocycles. The van der Waals surface area contributed by atoms with Gasteiger partial charge in [-0.15, -0.1) is 0 Å². The molecule has 1 atom stereocenters. The van der Waals surface area contributed by atoms with Gasteiger partial charge in [0.2, 0.25) is 11.8 Å². The first kappa shape index (κ1) is 18.0. The first-order chi connectivity index (χ1) is 12.4. The highest BCUT2D eigenvalue weighted by molar-refractivity contribution is 5.93. The number of hydrogen-bond acceptors (Lipinski definition) is 3. The van der Waals surface area contributed by atoms with Gasteiger partial charge in [0.15, 0.2) is 0 Å². The van der Waals surface area contributed by atoms with Crippen molar-refractivity contribution in [1.82, 2.24) is 9.88 Å². The third kappa shape index (κ3) is 3.74. The van der Waals surface area contributed by atoms with E-state index >= 15 is 0 Å². The first-order valence-corrected chi connectivity index (χ1v) is 8.65. The van der Waals surface area contributed by atoms with Crippen molar-refractivity contribution in [2.24, 2.45) is 5.92 Å². The summed E-state index contributed by atoms with van der Waals surface area (Å²) in [4.78, 5) is 31.2. The summed E-state index contributed by atoms with van der Waals surface area (Å²) >= 11 is 0. The molecule has 1 aliphatic heterocycles. The van der Waals surface area contributed by atoms with Gasteiger partial charge < -0.3 is 10.2 Å². The van der Waals surface area contributed by atoms with Gasteiger partial charge in [0.1, 0.15) is 11.6 Å². The number of likely N-dealkylation sites (tertiary alicyclic amines) is 1. The van der Waals surface area contributed by atoms with Crippen LogP contribution in [-0.4, -0.2) is 34.8 Å². The molecule has 0 saturated carbocycles. The van der Waals surface area contributed by atoms with Crippen LogP contribution in [0.5, 0.6) is 0 Å². The average molecular weight is 355 g/mol. The van der Waals surface area contributed by atoms with E-state index in [0.717, 1.165) is 5.56 Å². The molecule has 26 heavy (non-hydrogen) atoms. The number of carbonyl (C=O) groups is 2. The molecule has 0 unspecified atom stereocenters. The van der Waals surface area contributed by atoms with Gasteiger partial charge in [-0.05, 0) is 50.1 Å². The SMILES string of the molecule is CC(C)(C(=O)N1CC[C@@H](C(=O)Nc2ccccn2)C1)c1ccc(F)cc1. The normalized spacial score (nSPS) is 17.2. The van der Waals surface area contributed by atoms with Crippen molar-refractivity contribution in [3.63, 3.8) is 0 Å². The fraction of sp³-hybridized carbons (Fsp3) is 0.350. The van der Waals surface area contributed by atoms with Gasteiger partial charge in [-0.1, -0.05) is 18.2 Å². The second-order valence-electron chi connectivity index (χ2n) is 7.07. The molecule has 2 heterocycles. The molecule has 0 bridgehead atoms. The van der Waals surface area contributed by atoms with Crippen LogP contribution in [0.15, 0.2) is 48.7 Å². The van der Waals surface area contributed by atoms with E-state index < -0.39 is 5.41 Å². The Hall–Kier alpha value is -2.76. The van der Waals surface area contributed by atoms with E-state index in [1.807, 2.05) is 13.8 Å². The lowest BCUT2D eigenvalue weighted by Gasteiger charge is -2.29. The van der Waals surface area contributed by atoms with Gasteiger partial charge in [-0.3, -0.25) is 9.59 Å². The number of nitrogens with one attached hydrogen (secondary N) is 1. The van der Waals surface area contributed by atoms with Gasteiger partial charge in [0.05, 0.1) is 11.3 Å². The molecule has 2 amide bonds. The van der Waals surface area contributed by atoms with Crippen molar-refractivity contribution in [3.05, 3.63) is 60.0 Å². The van der Waals surface area contributed by atoms with Crippen molar-refractivity contribution >= 4 is 17.6 Å². The molecule has 0 radical (unpaired) electrons. The maximum Gasteiger partial charge on any atom is 0.232 e. The van der Waals surface area contributed by atoms with Crippen LogP contribution >= 0.6 is 0 Å². The summed E-state index contributed by atoms with van der Waals surface area (Å²) in [6.45, 7) is 4.56. The molecular formula is C20H22FN3O2. The van der Waals surface area contributed by atoms with E-state index in [1.165, 1.54) is 12.1 Å². The summed E-state index contributed by atoms with van der Waals surface area (Å²) in [5, 5.41) is 2.79. The third-order valence-corrected chi connectivity index (χ3v) is 4.86. The van der Waals surface area contributed by atoms with Crippen LogP contribution in [0.1, 0.15) is 25.8 Å². The fourth-order valence-corrected chi connectivity index (χ4v) is 3.21. The van der Waals surface area contributed by atoms with Crippen LogP contribution < -0.4 is 5.32 Å². The molecule has 1 N–H and O–H groups in total. The summed E-state index contributed by atoms with van der Waals surface area (Å²) < 4.78 is 13.2. The topological polar surface area (TPSA) is 62.3 Å². The molecular weight excluding hydrogens is 333 g/mol. The number of anilines is 1. The van der Waals surface area contributed by atoms with Crippen molar-refractivity contribution in [2.45, 2.75) is 25.7 Å². The minimum absolute atomic E-state index is 0.0581. The highest BCUT2D eigenvalue weighted by atomic mass is 19.1. The zero-order valence-corrected chi connectivity index (χ0v) is 14.9. The van der Waals surface area contributed by atoms with Gasteiger partial charge in [-0.2, -0.15) is 0 Å². The Morgan fingerprint density at radius 3 is 2.58 bits per heavy atom. The number of amides is 2. The van der Waals surface area contributed by atoms with E-state index in [-0.39, 0.29) is 23.5 Å². The Bertz CT molecular complexity index is 790. The lowest BCUT2D eigenvalue weighted by atomic mass is 9.83. The molecule has 5 nitrogen and oxygen atoms in total. The number of hydrogen-bond donors (Lipinski definition) is 1. The van der Waals surface area contributed by atoms with Crippen LogP contribution in [0.4, 0.5) is 10.2 Å². The van der Waals surface area contributed by atoms with Gasteiger partial charge in [0.25, 0.3) is 0 Å². The summed E-state index contributed by atoms with van der Waals surface area (Å²) in [5.74, 6) is -0.265. The molecule has 136 valence electrons. The average Bonchev–Trinajstić information content (AvgIpc) is 3.12. The number of carbonyl (C=O) groups excluding carboxylic acids is 2. The molecule has 1 saturated heterocycles. The quantitative estimate of drug-likeness (QED) is 0.917. The molecule has 6 heteroatoms. The molecule has 1 aromatic heterocycles. The second kappa shape index (κ2) is 7.23. The first-order valence-electron chi connectivity index (χ1n) is 8.65. The predicted octanol–water partition coefficient (Wildman–Crippen LogP) is 2.99. The molecule has 0 aliphatic carbocycles. The predicted molar refractivity (Wildman–Crippen MR) is 97.0 cm³/mol. The van der Waals surface area contributed by atoms with E-state index in [9.17, 15) is 14.0 Å². The van der Waals surface area contributed by atoms with Crippen LogP contribution in [0.2, 0.25) is 0 Å². The van der Waals surface area contributed by atoms with Crippen LogP contribution in [0, 0.1) is 11.7 Å². The zero-order chi connectivity index (χ0) is 18.7. The molecule has 2 aromatic rings. The van der Waals surface area contributed by atoms with E-state index in [1.54, 1.807) is 41.4 Å². The number of rotatable bonds is 4. The minimum Gasteiger partial charge on any atom is -0.341 e. The minimum atomic E-state index is -0.778. The van der Waals surface area contributed by atoms with Crippen LogP contribution in [0.25, 0.3) is 0 Å². The maximum atomic E-state index is 13.2. The van der Waals surface area contributed by atoms with Crippen molar-refractivity contribution in [1.29, 1.82) is 0 Å². The molecule has 1 aliphatic rings. The van der Waals surface area contributed by atoms with Crippen molar-refractivity contribution in [2.75, 3.05) is 18.4 Å². The summed E-state index contributed by atoms with van der Waals surface area (Å²) in [7, 11) is 0. The second-order valence-corrected chi connectivity index (χ2v) is 7.07. The van der Waals surface area contributed by atoms with E-state index in [4.69, 9.17) is 0 Å². The fourth-order valence-electron chi connectivity index (χ4n) is 3.21. The van der Waals surface area contributed by atoms with Crippen LogP contribution in [0.3, 0.4) is 0 Å². The van der Waals surface area contributed by atoms with Crippen molar-refractivity contribution in [3.8, 4) is 0 Å². The summed E-state index contributed by atoms with van der Waals surface area (Å²) in [5.41, 5.74) is -0.0228. The lowest BCUT2D eigenvalue weighted by molar-refractivity contribution is -0.135. The smallest absolute Gasteiger partial charge is 0.232 e. The number of nitrogens with zero attached hydrogens (tertiary/aromatic N) is 2. The summed E-state index contributed by atoms with van der Waals surface area (Å²) in [6, 6.07) is 11.3. The monoisotopic (exact) mass is 355 g/mol. The molecule has 3 rings (SSSR count). The maximum absolute atomic E-state index is 13.2. The Balaban J connectivity index is 1.65. The number of benzene rings is 1. The number of aromatic nitrogens is 1. The number of pyridine rings is 1. The highest BCUT2D eigenvalue weighted by Crippen LogP contribution is 2.29. The van der Waals surface area contributed by atoms with Gasteiger partial charge >= 0.3 is 0 Å². The summed E-state index contributed by atoms with van der Waals surface area (Å²) in [6.07, 6.45) is 2.23. The Labute approximate surface area is 152 Å². The third-order valence-electron chi connectivity index (χ3n) is 4.86. The Morgan fingerprint density at radius 1 is 1.19 bits per heavy atom. The van der Waals surface area contributed by atoms with Gasteiger partial charge in [0, 0.05) is 19.3 Å².